The summed E-state index contributed by atoms with van der Waals surface area (Å²) in [6.45, 7) is 0. The Kier molecular flexibility index (Phi) is 8.64. The summed E-state index contributed by atoms with van der Waals surface area (Å²) in [5.74, 6) is 0.0425. The summed E-state index contributed by atoms with van der Waals surface area (Å²) in [4.78, 5) is 24.0. The lowest BCUT2D eigenvalue weighted by atomic mass is 10.1. The van der Waals surface area contributed by atoms with Crippen LogP contribution in [0.4, 0.5) is 0 Å². The lowest BCUT2D eigenvalue weighted by Gasteiger charge is -2.05. The van der Waals surface area contributed by atoms with Crippen molar-refractivity contribution < 1.29 is 24.2 Å². The van der Waals surface area contributed by atoms with Crippen LogP contribution in [-0.2, 0) is 0 Å². The molecule has 5 aromatic carbocycles. The number of rotatable bonds is 2. The van der Waals surface area contributed by atoms with Gasteiger partial charge >= 0.3 is 0 Å². The predicted molar refractivity (Wildman–Crippen MR) is 167 cm³/mol. The average Bonchev–Trinajstić information content (AvgIpc) is 3.06. The van der Waals surface area contributed by atoms with Crippen LogP contribution in [0.1, 0.15) is 0 Å². The number of aromatic hydroxyl groups is 3. The fraction of sp³-hybridized carbons (Fsp3) is 0. The van der Waals surface area contributed by atoms with Crippen LogP contribution in [0.3, 0.4) is 0 Å². The van der Waals surface area contributed by atoms with Gasteiger partial charge < -0.3 is 24.2 Å². The molecular formula is C36H26O7. The molecule has 7 heteroatoms. The minimum absolute atomic E-state index is 0.208. The van der Waals surface area contributed by atoms with E-state index in [1.165, 1.54) is 0 Å². The number of hydrogen-bond donors (Lipinski definition) is 3. The average molecular weight is 571 g/mol. The van der Waals surface area contributed by atoms with E-state index in [1.807, 2.05) is 42.5 Å². The molecule has 0 amide bonds. The Morgan fingerprint density at radius 1 is 0.395 bits per heavy atom. The van der Waals surface area contributed by atoms with Gasteiger partial charge in [0.05, 0.1) is 10.8 Å². The van der Waals surface area contributed by atoms with E-state index in [9.17, 15) is 19.8 Å². The zero-order valence-corrected chi connectivity index (χ0v) is 22.8. The molecule has 0 aliphatic rings. The minimum atomic E-state index is -0.407. The van der Waals surface area contributed by atoms with Crippen LogP contribution in [0.25, 0.3) is 44.6 Å². The highest BCUT2D eigenvalue weighted by atomic mass is 16.4. The van der Waals surface area contributed by atoms with E-state index < -0.39 is 10.9 Å². The number of para-hydroxylation sites is 3. The van der Waals surface area contributed by atoms with Crippen LogP contribution in [0.2, 0.25) is 0 Å². The van der Waals surface area contributed by atoms with Crippen LogP contribution in [0.15, 0.2) is 158 Å². The van der Waals surface area contributed by atoms with Crippen molar-refractivity contribution in [1.82, 2.24) is 0 Å². The van der Waals surface area contributed by atoms with Crippen molar-refractivity contribution in [1.29, 1.82) is 0 Å². The summed E-state index contributed by atoms with van der Waals surface area (Å²) in [7, 11) is 0. The summed E-state index contributed by atoms with van der Waals surface area (Å²) in [6.07, 6.45) is 0. The molecule has 7 nitrogen and oxygen atoms in total. The number of benzene rings is 5. The number of hydrogen-bond acceptors (Lipinski definition) is 7. The summed E-state index contributed by atoms with van der Waals surface area (Å²) >= 11 is 0. The van der Waals surface area contributed by atoms with Gasteiger partial charge in [-0.1, -0.05) is 103 Å². The van der Waals surface area contributed by atoms with Crippen molar-refractivity contribution in [3.63, 3.8) is 0 Å². The first-order valence-electron chi connectivity index (χ1n) is 13.3. The molecule has 0 saturated heterocycles. The standard InChI is InChI=1S/2C15H10O3.C6H6O/c2*16-13-11-8-4-5-9-12(11)18-15(14(13)17)10-6-2-1-3-7-10;7-6-4-2-1-3-5-6/h2*1-9,17H;1-5,7H. The van der Waals surface area contributed by atoms with Crippen LogP contribution < -0.4 is 10.9 Å². The maximum absolute atomic E-state index is 12.0. The molecular weight excluding hydrogens is 544 g/mol. The first-order chi connectivity index (χ1) is 20.9. The second-order valence-corrected chi connectivity index (χ2v) is 9.28. The molecule has 0 saturated carbocycles. The molecule has 212 valence electrons. The van der Waals surface area contributed by atoms with E-state index in [2.05, 4.69) is 0 Å². The molecule has 7 aromatic rings. The molecule has 2 heterocycles. The van der Waals surface area contributed by atoms with Crippen molar-refractivity contribution >= 4 is 21.9 Å². The second kappa shape index (κ2) is 13.1. The van der Waals surface area contributed by atoms with E-state index in [4.69, 9.17) is 13.9 Å². The van der Waals surface area contributed by atoms with Gasteiger partial charge in [-0.25, -0.2) is 0 Å². The molecule has 0 unspecified atom stereocenters. The largest absolute Gasteiger partial charge is 0.508 e. The quantitative estimate of drug-likeness (QED) is 0.195. The van der Waals surface area contributed by atoms with Gasteiger partial charge in [0.1, 0.15) is 16.9 Å². The fourth-order valence-electron chi connectivity index (χ4n) is 4.26. The van der Waals surface area contributed by atoms with E-state index >= 15 is 0 Å². The number of phenolic OH excluding ortho intramolecular Hbond substituents is 1. The van der Waals surface area contributed by atoms with Gasteiger partial charge in [0, 0.05) is 11.1 Å². The van der Waals surface area contributed by atoms with E-state index in [0.717, 1.165) is 0 Å². The molecule has 0 fully saturated rings. The number of phenols is 1. The van der Waals surface area contributed by atoms with Gasteiger partial charge in [0.25, 0.3) is 0 Å². The Hall–Kier alpha value is -6.08. The minimum Gasteiger partial charge on any atom is -0.508 e. The van der Waals surface area contributed by atoms with E-state index in [-0.39, 0.29) is 23.0 Å². The lowest BCUT2D eigenvalue weighted by Crippen LogP contribution is -2.02. The first-order valence-corrected chi connectivity index (χ1v) is 13.3. The molecule has 0 aliphatic carbocycles. The zero-order valence-electron chi connectivity index (χ0n) is 22.8. The normalized spacial score (nSPS) is 10.3. The lowest BCUT2D eigenvalue weighted by molar-refractivity contribution is 0.449. The zero-order chi connectivity index (χ0) is 30.2. The third-order valence-corrected chi connectivity index (χ3v) is 6.38. The van der Waals surface area contributed by atoms with Crippen LogP contribution in [-0.4, -0.2) is 15.3 Å². The highest BCUT2D eigenvalue weighted by Gasteiger charge is 2.15. The molecule has 43 heavy (non-hydrogen) atoms. The monoisotopic (exact) mass is 570 g/mol. The van der Waals surface area contributed by atoms with Gasteiger partial charge in [-0.05, 0) is 36.4 Å². The van der Waals surface area contributed by atoms with Crippen molar-refractivity contribution in [2.75, 3.05) is 0 Å². The number of fused-ring (bicyclic) bond motifs is 2. The molecule has 0 bridgehead atoms. The van der Waals surface area contributed by atoms with Crippen LogP contribution >= 0.6 is 0 Å². The SMILES string of the molecule is O=c1c(O)c(-c2ccccc2)oc2ccccc12.O=c1c(O)c(-c2ccccc2)oc2ccccc12.Oc1ccccc1. The van der Waals surface area contributed by atoms with Crippen LogP contribution in [0.5, 0.6) is 17.2 Å². The third kappa shape index (κ3) is 6.47. The van der Waals surface area contributed by atoms with E-state index in [0.29, 0.717) is 38.8 Å². The van der Waals surface area contributed by atoms with Crippen LogP contribution in [0, 0.1) is 0 Å². The van der Waals surface area contributed by atoms with Crippen molar-refractivity contribution in [3.05, 3.63) is 160 Å². The second-order valence-electron chi connectivity index (χ2n) is 9.28. The Morgan fingerprint density at radius 2 is 0.721 bits per heavy atom. The predicted octanol–water partition coefficient (Wildman–Crippen LogP) is 7.72. The molecule has 0 atom stereocenters. The highest BCUT2D eigenvalue weighted by Crippen LogP contribution is 2.30. The Balaban J connectivity index is 0.000000141. The van der Waals surface area contributed by atoms with Crippen molar-refractivity contribution in [3.8, 4) is 39.9 Å². The third-order valence-electron chi connectivity index (χ3n) is 6.38. The molecule has 0 radical (unpaired) electrons. The summed E-state index contributed by atoms with van der Waals surface area (Å²) in [5, 5.41) is 29.3. The Labute approximate surface area is 245 Å². The molecule has 0 spiro atoms. The maximum Gasteiger partial charge on any atom is 0.235 e. The molecule has 0 aliphatic heterocycles. The summed E-state index contributed by atoms with van der Waals surface area (Å²) in [6, 6.07) is 40.6. The maximum atomic E-state index is 12.0. The van der Waals surface area contributed by atoms with Gasteiger partial charge in [0.15, 0.2) is 11.5 Å². The van der Waals surface area contributed by atoms with Gasteiger partial charge in [-0.2, -0.15) is 0 Å². The smallest absolute Gasteiger partial charge is 0.235 e. The first kappa shape index (κ1) is 28.4. The molecule has 2 aromatic heterocycles. The highest BCUT2D eigenvalue weighted by molar-refractivity contribution is 5.82. The fourth-order valence-corrected chi connectivity index (χ4v) is 4.26. The van der Waals surface area contributed by atoms with Crippen molar-refractivity contribution in [2.45, 2.75) is 0 Å². The Bertz CT molecular complexity index is 1950. The molecule has 3 N–H and O–H groups in total. The van der Waals surface area contributed by atoms with Crippen molar-refractivity contribution in [2.24, 2.45) is 0 Å². The topological polar surface area (TPSA) is 121 Å². The molecule has 7 rings (SSSR count). The Morgan fingerprint density at radius 3 is 1.07 bits per heavy atom. The van der Waals surface area contributed by atoms with Gasteiger partial charge in [0.2, 0.25) is 22.4 Å². The van der Waals surface area contributed by atoms with Gasteiger partial charge in [-0.15, -0.1) is 0 Å². The van der Waals surface area contributed by atoms with Gasteiger partial charge in [-0.3, -0.25) is 9.59 Å². The van der Waals surface area contributed by atoms with E-state index in [1.54, 1.807) is 97.1 Å². The summed E-state index contributed by atoms with van der Waals surface area (Å²) < 4.78 is 11.2. The summed E-state index contributed by atoms with van der Waals surface area (Å²) in [5.41, 5.74) is 1.49.